The highest BCUT2D eigenvalue weighted by atomic mass is 14.9. The fourth-order valence-corrected chi connectivity index (χ4v) is 1.49. The summed E-state index contributed by atoms with van der Waals surface area (Å²) in [5.74, 6) is 1.39. The van der Waals surface area contributed by atoms with E-state index >= 15 is 0 Å². The normalized spacial score (nSPS) is 12.0. The SMILES string of the molecule is CC(C)C(NCCN)C(C)C. The van der Waals surface area contributed by atoms with Crippen molar-refractivity contribution in [1.29, 1.82) is 0 Å². The van der Waals surface area contributed by atoms with Gasteiger partial charge in [0.05, 0.1) is 0 Å². The van der Waals surface area contributed by atoms with Gasteiger partial charge in [-0.2, -0.15) is 0 Å². The Balaban J connectivity index is 3.70. The second kappa shape index (κ2) is 5.56. The lowest BCUT2D eigenvalue weighted by Crippen LogP contribution is -2.40. The molecule has 68 valence electrons. The van der Waals surface area contributed by atoms with Crippen LogP contribution in [0.3, 0.4) is 0 Å². The van der Waals surface area contributed by atoms with Crippen LogP contribution in [0.4, 0.5) is 0 Å². The van der Waals surface area contributed by atoms with E-state index in [-0.39, 0.29) is 0 Å². The van der Waals surface area contributed by atoms with Crippen LogP contribution in [0, 0.1) is 11.8 Å². The minimum absolute atomic E-state index is 0.610. The summed E-state index contributed by atoms with van der Waals surface area (Å²) < 4.78 is 0. The summed E-state index contributed by atoms with van der Waals surface area (Å²) in [6.07, 6.45) is 0. The van der Waals surface area contributed by atoms with Gasteiger partial charge in [-0.1, -0.05) is 27.7 Å². The molecule has 0 saturated carbocycles. The van der Waals surface area contributed by atoms with E-state index in [2.05, 4.69) is 33.0 Å². The van der Waals surface area contributed by atoms with Crippen molar-refractivity contribution < 1.29 is 0 Å². The molecular formula is C9H22N2. The van der Waals surface area contributed by atoms with Crippen LogP contribution in [0.25, 0.3) is 0 Å². The average Bonchev–Trinajstić information content (AvgIpc) is 1.87. The Morgan fingerprint density at radius 1 is 1.09 bits per heavy atom. The van der Waals surface area contributed by atoms with Crippen molar-refractivity contribution in [2.45, 2.75) is 33.7 Å². The van der Waals surface area contributed by atoms with Gasteiger partial charge < -0.3 is 11.1 Å². The molecule has 3 N–H and O–H groups in total. The molecule has 0 aromatic carbocycles. The molecule has 0 unspecified atom stereocenters. The molecule has 0 aromatic rings. The molecule has 0 aliphatic heterocycles. The van der Waals surface area contributed by atoms with Crippen LogP contribution in [0.1, 0.15) is 27.7 Å². The predicted molar refractivity (Wildman–Crippen MR) is 50.5 cm³/mol. The lowest BCUT2D eigenvalue weighted by molar-refractivity contribution is 0.318. The summed E-state index contributed by atoms with van der Waals surface area (Å²) in [6.45, 7) is 10.6. The number of hydrogen-bond acceptors (Lipinski definition) is 2. The monoisotopic (exact) mass is 158 g/mol. The van der Waals surface area contributed by atoms with Crippen LogP contribution in [0.15, 0.2) is 0 Å². The van der Waals surface area contributed by atoms with Gasteiger partial charge in [0.1, 0.15) is 0 Å². The quantitative estimate of drug-likeness (QED) is 0.631. The number of hydrogen-bond donors (Lipinski definition) is 2. The van der Waals surface area contributed by atoms with Gasteiger partial charge in [-0.15, -0.1) is 0 Å². The van der Waals surface area contributed by atoms with Crippen molar-refractivity contribution >= 4 is 0 Å². The lowest BCUT2D eigenvalue weighted by Gasteiger charge is -2.25. The molecule has 0 heterocycles. The van der Waals surface area contributed by atoms with Crippen LogP contribution in [-0.2, 0) is 0 Å². The second-order valence-electron chi connectivity index (χ2n) is 3.76. The zero-order valence-corrected chi connectivity index (χ0v) is 8.22. The van der Waals surface area contributed by atoms with E-state index in [9.17, 15) is 0 Å². The van der Waals surface area contributed by atoms with Crippen LogP contribution < -0.4 is 11.1 Å². The molecule has 0 bridgehead atoms. The first-order chi connectivity index (χ1) is 5.09. The van der Waals surface area contributed by atoms with Gasteiger partial charge in [-0.25, -0.2) is 0 Å². The van der Waals surface area contributed by atoms with Gasteiger partial charge >= 0.3 is 0 Å². The van der Waals surface area contributed by atoms with Crippen molar-refractivity contribution in [2.24, 2.45) is 17.6 Å². The highest BCUT2D eigenvalue weighted by Gasteiger charge is 2.15. The number of nitrogens with two attached hydrogens (primary N) is 1. The van der Waals surface area contributed by atoms with Gasteiger partial charge in [-0.3, -0.25) is 0 Å². The van der Waals surface area contributed by atoms with Crippen molar-refractivity contribution in [3.63, 3.8) is 0 Å². The molecule has 2 heteroatoms. The van der Waals surface area contributed by atoms with E-state index in [1.54, 1.807) is 0 Å². The van der Waals surface area contributed by atoms with Crippen molar-refractivity contribution in [3.8, 4) is 0 Å². The first kappa shape index (κ1) is 10.9. The standard InChI is InChI=1S/C9H22N2/c1-7(2)9(8(3)4)11-6-5-10/h7-9,11H,5-6,10H2,1-4H3. The molecule has 0 aliphatic carbocycles. The number of rotatable bonds is 5. The Morgan fingerprint density at radius 2 is 1.55 bits per heavy atom. The van der Waals surface area contributed by atoms with Crippen LogP contribution in [0.5, 0.6) is 0 Å². The summed E-state index contributed by atoms with van der Waals surface area (Å²) >= 11 is 0. The molecule has 0 radical (unpaired) electrons. The highest BCUT2D eigenvalue weighted by Crippen LogP contribution is 2.10. The van der Waals surface area contributed by atoms with E-state index < -0.39 is 0 Å². The third-order valence-corrected chi connectivity index (χ3v) is 1.96. The van der Waals surface area contributed by atoms with Crippen LogP contribution in [-0.4, -0.2) is 19.1 Å². The highest BCUT2D eigenvalue weighted by molar-refractivity contribution is 4.73. The van der Waals surface area contributed by atoms with E-state index in [1.807, 2.05) is 0 Å². The van der Waals surface area contributed by atoms with Gasteiger partial charge in [0.25, 0.3) is 0 Å². The topological polar surface area (TPSA) is 38.0 Å². The molecule has 0 aromatic heterocycles. The van der Waals surface area contributed by atoms with Gasteiger partial charge in [0.15, 0.2) is 0 Å². The van der Waals surface area contributed by atoms with Gasteiger partial charge in [0, 0.05) is 19.1 Å². The molecular weight excluding hydrogens is 136 g/mol. The van der Waals surface area contributed by atoms with E-state index in [0.717, 1.165) is 13.1 Å². The summed E-state index contributed by atoms with van der Waals surface area (Å²) in [4.78, 5) is 0. The van der Waals surface area contributed by atoms with Crippen LogP contribution >= 0.6 is 0 Å². The van der Waals surface area contributed by atoms with Crippen LogP contribution in [0.2, 0.25) is 0 Å². The summed E-state index contributed by atoms with van der Waals surface area (Å²) in [7, 11) is 0. The maximum absolute atomic E-state index is 5.41. The molecule has 2 nitrogen and oxygen atoms in total. The summed E-state index contributed by atoms with van der Waals surface area (Å²) in [5, 5.41) is 3.44. The smallest absolute Gasteiger partial charge is 0.0114 e. The Hall–Kier alpha value is -0.0800. The zero-order chi connectivity index (χ0) is 8.85. The van der Waals surface area contributed by atoms with Crippen molar-refractivity contribution in [3.05, 3.63) is 0 Å². The maximum atomic E-state index is 5.41. The Labute approximate surface area is 70.5 Å². The molecule has 11 heavy (non-hydrogen) atoms. The minimum atomic E-state index is 0.610. The first-order valence-corrected chi connectivity index (χ1v) is 4.53. The second-order valence-corrected chi connectivity index (χ2v) is 3.76. The Morgan fingerprint density at radius 3 is 1.82 bits per heavy atom. The van der Waals surface area contributed by atoms with Gasteiger partial charge in [-0.05, 0) is 11.8 Å². The molecule has 0 atom stereocenters. The van der Waals surface area contributed by atoms with E-state index in [4.69, 9.17) is 5.73 Å². The minimum Gasteiger partial charge on any atom is -0.329 e. The molecule has 0 saturated heterocycles. The Bertz CT molecular complexity index is 81.6. The fraction of sp³-hybridized carbons (Fsp3) is 1.00. The molecule has 0 spiro atoms. The summed E-state index contributed by atoms with van der Waals surface area (Å²) in [5.41, 5.74) is 5.41. The van der Waals surface area contributed by atoms with Crippen molar-refractivity contribution in [2.75, 3.05) is 13.1 Å². The molecule has 0 fully saturated rings. The van der Waals surface area contributed by atoms with Gasteiger partial charge in [0.2, 0.25) is 0 Å². The third-order valence-electron chi connectivity index (χ3n) is 1.96. The lowest BCUT2D eigenvalue weighted by atomic mass is 9.93. The molecule has 0 aliphatic rings. The maximum Gasteiger partial charge on any atom is 0.0114 e. The third kappa shape index (κ3) is 4.38. The Kier molecular flexibility index (Phi) is 5.51. The predicted octanol–water partition coefficient (Wildman–Crippen LogP) is 1.22. The summed E-state index contributed by atoms with van der Waals surface area (Å²) in [6, 6.07) is 0.610. The van der Waals surface area contributed by atoms with E-state index in [0.29, 0.717) is 17.9 Å². The number of nitrogens with one attached hydrogen (secondary N) is 1. The largest absolute Gasteiger partial charge is 0.329 e. The van der Waals surface area contributed by atoms with E-state index in [1.165, 1.54) is 0 Å². The average molecular weight is 158 g/mol. The van der Waals surface area contributed by atoms with Crippen molar-refractivity contribution in [1.82, 2.24) is 5.32 Å². The first-order valence-electron chi connectivity index (χ1n) is 4.53. The molecule has 0 amide bonds. The molecule has 0 rings (SSSR count). The fourth-order valence-electron chi connectivity index (χ4n) is 1.49. The zero-order valence-electron chi connectivity index (χ0n) is 8.22.